The van der Waals surface area contributed by atoms with Gasteiger partial charge < -0.3 is 5.11 Å². The third-order valence-electron chi connectivity index (χ3n) is 1.46. The molecule has 10 heavy (non-hydrogen) atoms. The van der Waals surface area contributed by atoms with Crippen molar-refractivity contribution in [3.63, 3.8) is 0 Å². The molecule has 54 valence electrons. The second-order valence-electron chi connectivity index (χ2n) is 2.94. The van der Waals surface area contributed by atoms with Gasteiger partial charge in [0.15, 0.2) is 0 Å². The highest BCUT2D eigenvalue weighted by atomic mass is 16.3. The lowest BCUT2D eigenvalue weighted by Gasteiger charge is -2.23. The van der Waals surface area contributed by atoms with Gasteiger partial charge in [0.25, 0.3) is 0 Å². The lowest BCUT2D eigenvalue weighted by molar-refractivity contribution is 0.103. The summed E-state index contributed by atoms with van der Waals surface area (Å²) in [4.78, 5) is 0. The van der Waals surface area contributed by atoms with Gasteiger partial charge in [-0.2, -0.15) is 0 Å². The Morgan fingerprint density at radius 2 is 2.00 bits per heavy atom. The first kappa shape index (κ1) is 9.08. The topological polar surface area (TPSA) is 20.2 Å². The van der Waals surface area contributed by atoms with Crippen molar-refractivity contribution < 1.29 is 5.11 Å². The molecule has 0 aromatic carbocycles. The normalized spacial score (nSPS) is 13.3. The second-order valence-corrected chi connectivity index (χ2v) is 2.94. The fourth-order valence-corrected chi connectivity index (χ4v) is 0.585. The Hall–Kier alpha value is -0.920. The summed E-state index contributed by atoms with van der Waals surface area (Å²) in [5.41, 5.74) is -0.358. The molecule has 0 aromatic heterocycles. The molecule has 1 heteroatoms. The number of terminal acetylenes is 2. The Kier molecular flexibility index (Phi) is 3.00. The lowest BCUT2D eigenvalue weighted by atomic mass is 9.84. The minimum Gasteiger partial charge on any atom is -0.380 e. The van der Waals surface area contributed by atoms with Crippen molar-refractivity contribution in [1.29, 1.82) is 0 Å². The van der Waals surface area contributed by atoms with Gasteiger partial charge in [-0.25, -0.2) is 0 Å². The predicted molar refractivity (Wildman–Crippen MR) is 42.1 cm³/mol. The van der Waals surface area contributed by atoms with Gasteiger partial charge in [0.05, 0.1) is 0 Å². The molecule has 1 N–H and O–H groups in total. The van der Waals surface area contributed by atoms with Crippen LogP contribution >= 0.6 is 0 Å². The monoisotopic (exact) mass is 136 g/mol. The zero-order valence-electron chi connectivity index (χ0n) is 6.39. The van der Waals surface area contributed by atoms with Crippen LogP contribution in [0, 0.1) is 30.1 Å². The predicted octanol–water partition coefficient (Wildman–Crippen LogP) is 1.03. The number of aliphatic hydroxyl groups excluding tert-OH is 1. The molecule has 0 amide bonds. The van der Waals surface area contributed by atoms with Crippen LogP contribution in [0.1, 0.15) is 20.3 Å². The van der Waals surface area contributed by atoms with Crippen molar-refractivity contribution in [3.05, 3.63) is 0 Å². The molecule has 0 radical (unpaired) electrons. The van der Waals surface area contributed by atoms with Gasteiger partial charge >= 0.3 is 0 Å². The van der Waals surface area contributed by atoms with E-state index in [1.807, 2.05) is 13.8 Å². The third kappa shape index (κ3) is 2.13. The van der Waals surface area contributed by atoms with E-state index in [2.05, 4.69) is 11.8 Å². The maximum atomic E-state index is 9.19. The summed E-state index contributed by atoms with van der Waals surface area (Å²) >= 11 is 0. The van der Waals surface area contributed by atoms with E-state index >= 15 is 0 Å². The highest BCUT2D eigenvalue weighted by Crippen LogP contribution is 2.23. The van der Waals surface area contributed by atoms with E-state index in [4.69, 9.17) is 12.8 Å². The first-order chi connectivity index (χ1) is 4.54. The van der Waals surface area contributed by atoms with E-state index in [1.54, 1.807) is 0 Å². The van der Waals surface area contributed by atoms with Crippen LogP contribution in [0.15, 0.2) is 0 Å². The maximum absolute atomic E-state index is 9.19. The van der Waals surface area contributed by atoms with Crippen LogP contribution < -0.4 is 0 Å². The zero-order chi connectivity index (χ0) is 8.20. The smallest absolute Gasteiger partial charge is 0.120 e. The first-order valence-electron chi connectivity index (χ1n) is 3.12. The minimum atomic E-state index is -0.747. The highest BCUT2D eigenvalue weighted by molar-refractivity contribution is 5.05. The Labute approximate surface area is 62.5 Å². The Morgan fingerprint density at radius 3 is 2.30 bits per heavy atom. The lowest BCUT2D eigenvalue weighted by Crippen LogP contribution is -2.27. The summed E-state index contributed by atoms with van der Waals surface area (Å²) in [6, 6.07) is 0. The summed E-state index contributed by atoms with van der Waals surface area (Å²) in [5, 5.41) is 9.19. The van der Waals surface area contributed by atoms with Gasteiger partial charge in [0, 0.05) is 11.8 Å². The van der Waals surface area contributed by atoms with Crippen molar-refractivity contribution in [2.45, 2.75) is 26.4 Å². The van der Waals surface area contributed by atoms with E-state index in [-0.39, 0.29) is 5.41 Å². The van der Waals surface area contributed by atoms with Crippen molar-refractivity contribution in [2.24, 2.45) is 5.41 Å². The third-order valence-corrected chi connectivity index (χ3v) is 1.46. The molecule has 0 rings (SSSR count). The van der Waals surface area contributed by atoms with Crippen LogP contribution in [0.3, 0.4) is 0 Å². The van der Waals surface area contributed by atoms with Crippen LogP contribution in [0.2, 0.25) is 0 Å². The van der Waals surface area contributed by atoms with Crippen molar-refractivity contribution in [3.8, 4) is 24.7 Å². The Morgan fingerprint density at radius 1 is 1.50 bits per heavy atom. The largest absolute Gasteiger partial charge is 0.380 e. The fraction of sp³-hybridized carbons (Fsp3) is 0.556. The molecule has 0 aliphatic heterocycles. The average molecular weight is 136 g/mol. The molecule has 0 heterocycles. The molecule has 1 unspecified atom stereocenters. The molecule has 0 spiro atoms. The minimum absolute atomic E-state index is 0.358. The van der Waals surface area contributed by atoms with Crippen molar-refractivity contribution in [2.75, 3.05) is 0 Å². The van der Waals surface area contributed by atoms with Gasteiger partial charge in [0.2, 0.25) is 0 Å². The van der Waals surface area contributed by atoms with Crippen LogP contribution in [-0.2, 0) is 0 Å². The zero-order valence-corrected chi connectivity index (χ0v) is 6.39. The molecule has 0 saturated carbocycles. The first-order valence-corrected chi connectivity index (χ1v) is 3.12. The molecular formula is C9H12O. The molecule has 0 aliphatic rings. The van der Waals surface area contributed by atoms with E-state index < -0.39 is 6.10 Å². The molecule has 0 aromatic rings. The van der Waals surface area contributed by atoms with E-state index in [1.165, 1.54) is 0 Å². The molecule has 1 nitrogen and oxygen atoms in total. The Balaban J connectivity index is 4.16. The highest BCUT2D eigenvalue weighted by Gasteiger charge is 2.24. The Bertz CT molecular complexity index is 178. The quantitative estimate of drug-likeness (QED) is 0.562. The maximum Gasteiger partial charge on any atom is 0.120 e. The summed E-state index contributed by atoms with van der Waals surface area (Å²) in [6.07, 6.45) is 9.85. The van der Waals surface area contributed by atoms with Crippen molar-refractivity contribution >= 4 is 0 Å². The van der Waals surface area contributed by atoms with Gasteiger partial charge in [-0.15, -0.1) is 18.8 Å². The molecule has 0 fully saturated rings. The summed E-state index contributed by atoms with van der Waals surface area (Å²) in [7, 11) is 0. The molecule has 0 saturated heterocycles. The number of aliphatic hydroxyl groups is 1. The van der Waals surface area contributed by atoms with Gasteiger partial charge in [-0.05, 0) is 0 Å². The van der Waals surface area contributed by atoms with Crippen LogP contribution in [0.5, 0.6) is 0 Å². The van der Waals surface area contributed by atoms with E-state index in [0.29, 0.717) is 6.42 Å². The molecule has 0 bridgehead atoms. The van der Waals surface area contributed by atoms with E-state index in [9.17, 15) is 5.11 Å². The SMILES string of the molecule is C#CCC(C)(C)C(O)C#C. The summed E-state index contributed by atoms with van der Waals surface area (Å²) < 4.78 is 0. The number of hydrogen-bond acceptors (Lipinski definition) is 1. The van der Waals surface area contributed by atoms with E-state index in [0.717, 1.165) is 0 Å². The van der Waals surface area contributed by atoms with Crippen LogP contribution in [0.25, 0.3) is 0 Å². The van der Waals surface area contributed by atoms with Gasteiger partial charge in [0.1, 0.15) is 6.10 Å². The fourth-order valence-electron chi connectivity index (χ4n) is 0.585. The molecule has 1 atom stereocenters. The molecule has 0 aliphatic carbocycles. The van der Waals surface area contributed by atoms with Gasteiger partial charge in [-0.3, -0.25) is 0 Å². The van der Waals surface area contributed by atoms with Crippen molar-refractivity contribution in [1.82, 2.24) is 0 Å². The second kappa shape index (κ2) is 3.30. The summed E-state index contributed by atoms with van der Waals surface area (Å²) in [6.45, 7) is 3.69. The number of rotatable bonds is 2. The summed E-state index contributed by atoms with van der Waals surface area (Å²) in [5.74, 6) is 4.72. The standard InChI is InChI=1S/C9H12O/c1-5-7-9(3,4)8(10)6-2/h1-2,8,10H,7H2,3-4H3. The number of hydrogen-bond donors (Lipinski definition) is 1. The van der Waals surface area contributed by atoms with Gasteiger partial charge in [-0.1, -0.05) is 19.8 Å². The molecular weight excluding hydrogens is 124 g/mol. The van der Waals surface area contributed by atoms with Crippen LogP contribution in [-0.4, -0.2) is 11.2 Å². The van der Waals surface area contributed by atoms with Crippen LogP contribution in [0.4, 0.5) is 0 Å². The average Bonchev–Trinajstić information content (AvgIpc) is 1.86.